The fraction of sp³-hybridized carbons (Fsp3) is 0.538. The van der Waals surface area contributed by atoms with Crippen molar-refractivity contribution in [1.29, 1.82) is 0 Å². The van der Waals surface area contributed by atoms with Crippen LogP contribution in [0.5, 0.6) is 5.75 Å². The summed E-state index contributed by atoms with van der Waals surface area (Å²) < 4.78 is 10.8. The maximum Gasteiger partial charge on any atom is 0.118 e. The van der Waals surface area contributed by atoms with Gasteiger partial charge in [-0.15, -0.1) is 0 Å². The molecule has 88 valence electrons. The predicted molar refractivity (Wildman–Crippen MR) is 63.4 cm³/mol. The fourth-order valence-corrected chi connectivity index (χ4v) is 2.19. The topological polar surface area (TPSA) is 44.5 Å². The van der Waals surface area contributed by atoms with E-state index in [-0.39, 0.29) is 12.1 Å². The minimum atomic E-state index is -0.0385. The summed E-state index contributed by atoms with van der Waals surface area (Å²) in [7, 11) is 1.66. The van der Waals surface area contributed by atoms with Gasteiger partial charge in [0.25, 0.3) is 0 Å². The van der Waals surface area contributed by atoms with Crippen molar-refractivity contribution < 1.29 is 9.47 Å². The second-order valence-electron chi connectivity index (χ2n) is 4.40. The van der Waals surface area contributed by atoms with Gasteiger partial charge in [0.15, 0.2) is 0 Å². The molecule has 3 heteroatoms. The van der Waals surface area contributed by atoms with Crippen LogP contribution >= 0.6 is 0 Å². The minimum absolute atomic E-state index is 0.0385. The van der Waals surface area contributed by atoms with Gasteiger partial charge in [0.2, 0.25) is 0 Å². The van der Waals surface area contributed by atoms with E-state index >= 15 is 0 Å². The molecule has 2 N–H and O–H groups in total. The van der Waals surface area contributed by atoms with Crippen LogP contribution in [-0.4, -0.2) is 19.8 Å². The Hall–Kier alpha value is -1.06. The largest absolute Gasteiger partial charge is 0.497 e. The SMILES string of the molecule is COc1ccc(C(N)C2OCCC2C)cc1. The van der Waals surface area contributed by atoms with Crippen LogP contribution in [0, 0.1) is 5.92 Å². The van der Waals surface area contributed by atoms with E-state index in [1.165, 1.54) is 0 Å². The molecule has 1 heterocycles. The molecule has 2 rings (SSSR count). The van der Waals surface area contributed by atoms with Crippen LogP contribution in [0.25, 0.3) is 0 Å². The molecule has 3 atom stereocenters. The second kappa shape index (κ2) is 4.85. The highest BCUT2D eigenvalue weighted by Crippen LogP contribution is 2.30. The second-order valence-corrected chi connectivity index (χ2v) is 4.40. The van der Waals surface area contributed by atoms with Crippen molar-refractivity contribution in [3.63, 3.8) is 0 Å². The Balaban J connectivity index is 2.10. The van der Waals surface area contributed by atoms with Crippen LogP contribution < -0.4 is 10.5 Å². The number of ether oxygens (including phenoxy) is 2. The Kier molecular flexibility index (Phi) is 3.46. The molecular formula is C13H19NO2. The van der Waals surface area contributed by atoms with Crippen molar-refractivity contribution in [2.45, 2.75) is 25.5 Å². The van der Waals surface area contributed by atoms with Gasteiger partial charge in [0.05, 0.1) is 19.3 Å². The van der Waals surface area contributed by atoms with E-state index in [2.05, 4.69) is 6.92 Å². The summed E-state index contributed by atoms with van der Waals surface area (Å²) >= 11 is 0. The Morgan fingerprint density at radius 2 is 2.06 bits per heavy atom. The van der Waals surface area contributed by atoms with E-state index in [1.807, 2.05) is 24.3 Å². The molecule has 3 nitrogen and oxygen atoms in total. The molecule has 1 aliphatic rings. The number of rotatable bonds is 3. The molecule has 16 heavy (non-hydrogen) atoms. The van der Waals surface area contributed by atoms with E-state index in [9.17, 15) is 0 Å². The Labute approximate surface area is 96.5 Å². The number of hydrogen-bond donors (Lipinski definition) is 1. The molecule has 0 radical (unpaired) electrons. The van der Waals surface area contributed by atoms with Crippen LogP contribution in [0.3, 0.4) is 0 Å². The van der Waals surface area contributed by atoms with Crippen LogP contribution in [-0.2, 0) is 4.74 Å². The van der Waals surface area contributed by atoms with Gasteiger partial charge >= 0.3 is 0 Å². The van der Waals surface area contributed by atoms with E-state index in [4.69, 9.17) is 15.2 Å². The van der Waals surface area contributed by atoms with Crippen LogP contribution in [0.1, 0.15) is 24.9 Å². The standard InChI is InChI=1S/C13H19NO2/c1-9-7-8-16-13(9)12(14)10-3-5-11(15-2)6-4-10/h3-6,9,12-13H,7-8,14H2,1-2H3. The maximum atomic E-state index is 6.22. The monoisotopic (exact) mass is 221 g/mol. The molecule has 0 saturated carbocycles. The fourth-order valence-electron chi connectivity index (χ4n) is 2.19. The quantitative estimate of drug-likeness (QED) is 0.850. The van der Waals surface area contributed by atoms with E-state index in [0.29, 0.717) is 5.92 Å². The molecule has 0 aromatic heterocycles. The summed E-state index contributed by atoms with van der Waals surface area (Å²) in [6.45, 7) is 3.02. The first-order valence-electron chi connectivity index (χ1n) is 5.73. The summed E-state index contributed by atoms with van der Waals surface area (Å²) in [6, 6.07) is 7.86. The molecule has 0 spiro atoms. The lowest BCUT2D eigenvalue weighted by Gasteiger charge is -2.22. The summed E-state index contributed by atoms with van der Waals surface area (Å²) in [5, 5.41) is 0. The zero-order valence-corrected chi connectivity index (χ0v) is 9.85. The molecule has 1 aromatic rings. The Bertz CT molecular complexity index is 336. The third kappa shape index (κ3) is 2.20. The van der Waals surface area contributed by atoms with Crippen LogP contribution in [0.2, 0.25) is 0 Å². The van der Waals surface area contributed by atoms with Crippen molar-refractivity contribution in [3.05, 3.63) is 29.8 Å². The lowest BCUT2D eigenvalue weighted by molar-refractivity contribution is 0.0725. The summed E-state index contributed by atoms with van der Waals surface area (Å²) in [6.07, 6.45) is 1.25. The van der Waals surface area contributed by atoms with Gasteiger partial charge < -0.3 is 15.2 Å². The first-order chi connectivity index (χ1) is 7.72. The van der Waals surface area contributed by atoms with Gasteiger partial charge in [-0.25, -0.2) is 0 Å². The third-order valence-electron chi connectivity index (χ3n) is 3.30. The lowest BCUT2D eigenvalue weighted by Crippen LogP contribution is -2.29. The molecule has 1 fully saturated rings. The van der Waals surface area contributed by atoms with E-state index in [1.54, 1.807) is 7.11 Å². The van der Waals surface area contributed by atoms with Gasteiger partial charge in [-0.1, -0.05) is 19.1 Å². The molecule has 1 aliphatic heterocycles. The van der Waals surface area contributed by atoms with Crippen LogP contribution in [0.15, 0.2) is 24.3 Å². The molecule has 3 unspecified atom stereocenters. The van der Waals surface area contributed by atoms with Crippen molar-refractivity contribution in [2.24, 2.45) is 11.7 Å². The lowest BCUT2D eigenvalue weighted by atomic mass is 9.93. The Morgan fingerprint density at radius 1 is 1.38 bits per heavy atom. The normalized spacial score (nSPS) is 26.7. The highest BCUT2D eigenvalue weighted by molar-refractivity contribution is 5.29. The van der Waals surface area contributed by atoms with Crippen molar-refractivity contribution in [3.8, 4) is 5.75 Å². The highest BCUT2D eigenvalue weighted by Gasteiger charge is 2.30. The van der Waals surface area contributed by atoms with Gasteiger partial charge in [-0.3, -0.25) is 0 Å². The summed E-state index contributed by atoms with van der Waals surface area (Å²) in [5.74, 6) is 1.40. The zero-order chi connectivity index (χ0) is 11.5. The number of hydrogen-bond acceptors (Lipinski definition) is 3. The molecule has 1 aromatic carbocycles. The third-order valence-corrected chi connectivity index (χ3v) is 3.30. The highest BCUT2D eigenvalue weighted by atomic mass is 16.5. The average Bonchev–Trinajstić information content (AvgIpc) is 2.75. The number of benzene rings is 1. The first-order valence-corrected chi connectivity index (χ1v) is 5.73. The van der Waals surface area contributed by atoms with Gasteiger partial charge in [-0.05, 0) is 30.0 Å². The predicted octanol–water partition coefficient (Wildman–Crippen LogP) is 2.12. The number of nitrogens with two attached hydrogens (primary N) is 1. The van der Waals surface area contributed by atoms with E-state index in [0.717, 1.165) is 24.3 Å². The van der Waals surface area contributed by atoms with Crippen molar-refractivity contribution in [2.75, 3.05) is 13.7 Å². The zero-order valence-electron chi connectivity index (χ0n) is 9.85. The maximum absolute atomic E-state index is 6.22. The van der Waals surface area contributed by atoms with Gasteiger partial charge in [0, 0.05) is 6.61 Å². The molecule has 0 bridgehead atoms. The first kappa shape index (κ1) is 11.4. The summed E-state index contributed by atoms with van der Waals surface area (Å²) in [5.41, 5.74) is 7.33. The Morgan fingerprint density at radius 3 is 2.56 bits per heavy atom. The smallest absolute Gasteiger partial charge is 0.118 e. The van der Waals surface area contributed by atoms with Crippen molar-refractivity contribution >= 4 is 0 Å². The minimum Gasteiger partial charge on any atom is -0.497 e. The van der Waals surface area contributed by atoms with Crippen LogP contribution in [0.4, 0.5) is 0 Å². The van der Waals surface area contributed by atoms with E-state index < -0.39 is 0 Å². The number of methoxy groups -OCH3 is 1. The van der Waals surface area contributed by atoms with Gasteiger partial charge in [-0.2, -0.15) is 0 Å². The molecule has 0 aliphatic carbocycles. The molecule has 0 amide bonds. The molecular weight excluding hydrogens is 202 g/mol. The average molecular weight is 221 g/mol. The van der Waals surface area contributed by atoms with Crippen molar-refractivity contribution in [1.82, 2.24) is 0 Å². The molecule has 1 saturated heterocycles. The van der Waals surface area contributed by atoms with Gasteiger partial charge in [0.1, 0.15) is 5.75 Å². The summed E-state index contributed by atoms with van der Waals surface area (Å²) in [4.78, 5) is 0.